The first-order valence-electron chi connectivity index (χ1n) is 6.54. The van der Waals surface area contributed by atoms with Crippen LogP contribution in [-0.2, 0) is 9.47 Å². The van der Waals surface area contributed by atoms with Gasteiger partial charge < -0.3 is 14.8 Å². The molecular weight excluding hydrogens is 244 g/mol. The highest BCUT2D eigenvalue weighted by molar-refractivity contribution is 5.84. The van der Waals surface area contributed by atoms with Gasteiger partial charge in [-0.15, -0.1) is 0 Å². The lowest BCUT2D eigenvalue weighted by molar-refractivity contribution is 0.0329. The Labute approximate surface area is 113 Å². The van der Waals surface area contributed by atoms with E-state index < -0.39 is 6.09 Å². The molecule has 0 aliphatic heterocycles. The van der Waals surface area contributed by atoms with Gasteiger partial charge in [0, 0.05) is 24.5 Å². The van der Waals surface area contributed by atoms with Crippen LogP contribution in [0.3, 0.4) is 0 Å². The number of hydrogen-bond acceptors (Lipinski definition) is 4. The van der Waals surface area contributed by atoms with Crippen molar-refractivity contribution in [3.63, 3.8) is 0 Å². The molecule has 0 aromatic heterocycles. The van der Waals surface area contributed by atoms with E-state index in [9.17, 15) is 4.79 Å². The van der Waals surface area contributed by atoms with Crippen molar-refractivity contribution in [2.75, 3.05) is 24.4 Å². The minimum absolute atomic E-state index is 0.369. The maximum atomic E-state index is 11.2. The van der Waals surface area contributed by atoms with Crippen LogP contribution in [0.25, 0.3) is 0 Å². The van der Waals surface area contributed by atoms with Crippen LogP contribution in [0.4, 0.5) is 16.2 Å². The number of amides is 1. The van der Waals surface area contributed by atoms with Crippen molar-refractivity contribution in [2.45, 2.75) is 31.9 Å². The molecule has 5 nitrogen and oxygen atoms in total. The normalized spacial score (nSPS) is 21.4. The fourth-order valence-electron chi connectivity index (χ4n) is 2.05. The van der Waals surface area contributed by atoms with E-state index in [0.717, 1.165) is 24.2 Å². The fourth-order valence-corrected chi connectivity index (χ4v) is 2.05. The molecule has 2 rings (SSSR count). The second-order valence-corrected chi connectivity index (χ2v) is 4.59. The zero-order chi connectivity index (χ0) is 13.7. The summed E-state index contributed by atoms with van der Waals surface area (Å²) in [5.41, 5.74) is 1.78. The maximum absolute atomic E-state index is 11.2. The third kappa shape index (κ3) is 3.86. The molecule has 0 spiro atoms. The number of hydrogen-bond donors (Lipinski definition) is 2. The van der Waals surface area contributed by atoms with Crippen molar-refractivity contribution in [3.8, 4) is 0 Å². The first kappa shape index (κ1) is 13.7. The van der Waals surface area contributed by atoms with E-state index in [1.165, 1.54) is 0 Å². The molecular formula is C14H20N2O3. The molecule has 2 N–H and O–H groups in total. The Kier molecular flexibility index (Phi) is 4.63. The van der Waals surface area contributed by atoms with Gasteiger partial charge in [-0.1, -0.05) is 0 Å². The van der Waals surface area contributed by atoms with Gasteiger partial charge in [-0.05, 0) is 44.0 Å². The summed E-state index contributed by atoms with van der Waals surface area (Å²) >= 11 is 0. The Morgan fingerprint density at radius 3 is 2.47 bits per heavy atom. The van der Waals surface area contributed by atoms with Gasteiger partial charge >= 0.3 is 6.09 Å². The van der Waals surface area contributed by atoms with Gasteiger partial charge in [0.2, 0.25) is 0 Å². The van der Waals surface area contributed by atoms with Gasteiger partial charge in [0.05, 0.1) is 12.7 Å². The Hall–Kier alpha value is -1.75. The number of nitrogens with one attached hydrogen (secondary N) is 2. The van der Waals surface area contributed by atoms with E-state index in [2.05, 4.69) is 10.6 Å². The van der Waals surface area contributed by atoms with Crippen LogP contribution in [0.2, 0.25) is 0 Å². The van der Waals surface area contributed by atoms with E-state index in [0.29, 0.717) is 18.8 Å². The van der Waals surface area contributed by atoms with E-state index in [1.807, 2.05) is 24.3 Å². The molecule has 104 valence electrons. The molecule has 0 saturated heterocycles. The molecule has 5 heteroatoms. The maximum Gasteiger partial charge on any atom is 0.411 e. The minimum atomic E-state index is -0.426. The summed E-state index contributed by atoms with van der Waals surface area (Å²) in [5, 5.41) is 6.08. The third-order valence-electron chi connectivity index (χ3n) is 3.21. The molecule has 0 heterocycles. The number of anilines is 2. The standard InChI is InChI=1S/C14H20N2O3/c1-3-19-14(17)16-11-6-4-10(5-7-11)15-12-8-13(9-12)18-2/h4-7,12-13,15H,3,8-9H2,1-2H3,(H,16,17). The van der Waals surface area contributed by atoms with Gasteiger partial charge in [0.15, 0.2) is 0 Å². The molecule has 19 heavy (non-hydrogen) atoms. The van der Waals surface area contributed by atoms with Crippen LogP contribution in [-0.4, -0.2) is 32.0 Å². The lowest BCUT2D eigenvalue weighted by atomic mass is 9.89. The zero-order valence-corrected chi connectivity index (χ0v) is 11.3. The first-order valence-corrected chi connectivity index (χ1v) is 6.54. The molecule has 0 radical (unpaired) electrons. The lowest BCUT2D eigenvalue weighted by Crippen LogP contribution is -2.40. The lowest BCUT2D eigenvalue weighted by Gasteiger charge is -2.35. The van der Waals surface area contributed by atoms with Gasteiger partial charge in [-0.2, -0.15) is 0 Å². The highest BCUT2D eigenvalue weighted by Gasteiger charge is 2.28. The SMILES string of the molecule is CCOC(=O)Nc1ccc(NC2CC(OC)C2)cc1. The Morgan fingerprint density at radius 1 is 1.26 bits per heavy atom. The van der Waals surface area contributed by atoms with Gasteiger partial charge in [-0.25, -0.2) is 4.79 Å². The monoisotopic (exact) mass is 264 g/mol. The minimum Gasteiger partial charge on any atom is -0.450 e. The number of carbonyl (C=O) groups excluding carboxylic acids is 1. The van der Waals surface area contributed by atoms with E-state index in [-0.39, 0.29) is 0 Å². The molecule has 1 aliphatic carbocycles. The van der Waals surface area contributed by atoms with E-state index in [4.69, 9.17) is 9.47 Å². The number of carbonyl (C=O) groups is 1. The quantitative estimate of drug-likeness (QED) is 0.858. The van der Waals surface area contributed by atoms with Gasteiger partial charge in [-0.3, -0.25) is 5.32 Å². The van der Waals surface area contributed by atoms with E-state index >= 15 is 0 Å². The summed E-state index contributed by atoms with van der Waals surface area (Å²) in [6.45, 7) is 2.15. The number of benzene rings is 1. The Balaban J connectivity index is 1.80. The average Bonchev–Trinajstić information content (AvgIpc) is 2.35. The van der Waals surface area contributed by atoms with Crippen molar-refractivity contribution in [1.29, 1.82) is 0 Å². The average molecular weight is 264 g/mol. The van der Waals surface area contributed by atoms with Crippen molar-refractivity contribution in [2.24, 2.45) is 0 Å². The summed E-state index contributed by atoms with van der Waals surface area (Å²) in [6, 6.07) is 8.08. The summed E-state index contributed by atoms with van der Waals surface area (Å²) in [5.74, 6) is 0. The summed E-state index contributed by atoms with van der Waals surface area (Å²) in [4.78, 5) is 11.2. The third-order valence-corrected chi connectivity index (χ3v) is 3.21. The van der Waals surface area contributed by atoms with Crippen LogP contribution in [0, 0.1) is 0 Å². The van der Waals surface area contributed by atoms with Crippen LogP contribution >= 0.6 is 0 Å². The summed E-state index contributed by atoms with van der Waals surface area (Å²) in [6.07, 6.45) is 2.05. The molecule has 0 bridgehead atoms. The molecule has 1 aromatic rings. The van der Waals surface area contributed by atoms with Gasteiger partial charge in [0.1, 0.15) is 0 Å². The predicted octanol–water partition coefficient (Wildman–Crippen LogP) is 2.84. The van der Waals surface area contributed by atoms with Crippen molar-refractivity contribution >= 4 is 17.5 Å². The van der Waals surface area contributed by atoms with Crippen molar-refractivity contribution in [1.82, 2.24) is 0 Å². The van der Waals surface area contributed by atoms with E-state index in [1.54, 1.807) is 14.0 Å². The largest absolute Gasteiger partial charge is 0.450 e. The number of methoxy groups -OCH3 is 1. The highest BCUT2D eigenvalue weighted by Crippen LogP contribution is 2.26. The fraction of sp³-hybridized carbons (Fsp3) is 0.500. The van der Waals surface area contributed by atoms with Crippen LogP contribution in [0.1, 0.15) is 19.8 Å². The number of rotatable bonds is 5. The molecule has 1 saturated carbocycles. The molecule has 0 unspecified atom stereocenters. The molecule has 1 aliphatic rings. The Morgan fingerprint density at radius 2 is 1.89 bits per heavy atom. The molecule has 1 aromatic carbocycles. The van der Waals surface area contributed by atoms with Crippen LogP contribution < -0.4 is 10.6 Å². The smallest absolute Gasteiger partial charge is 0.411 e. The van der Waals surface area contributed by atoms with Crippen molar-refractivity contribution in [3.05, 3.63) is 24.3 Å². The summed E-state index contributed by atoms with van der Waals surface area (Å²) < 4.78 is 10.1. The second kappa shape index (κ2) is 6.43. The van der Waals surface area contributed by atoms with Crippen LogP contribution in [0.15, 0.2) is 24.3 Å². The second-order valence-electron chi connectivity index (χ2n) is 4.59. The molecule has 1 fully saturated rings. The predicted molar refractivity (Wildman–Crippen MR) is 74.5 cm³/mol. The Bertz CT molecular complexity index is 413. The summed E-state index contributed by atoms with van der Waals surface area (Å²) in [7, 11) is 1.75. The topological polar surface area (TPSA) is 59.6 Å². The van der Waals surface area contributed by atoms with Crippen molar-refractivity contribution < 1.29 is 14.3 Å². The highest BCUT2D eigenvalue weighted by atomic mass is 16.5. The number of ether oxygens (including phenoxy) is 2. The first-order chi connectivity index (χ1) is 9.21. The van der Waals surface area contributed by atoms with Crippen LogP contribution in [0.5, 0.6) is 0 Å². The molecule has 0 atom stereocenters. The molecule has 1 amide bonds. The zero-order valence-electron chi connectivity index (χ0n) is 11.3. The van der Waals surface area contributed by atoms with Gasteiger partial charge in [0.25, 0.3) is 0 Å².